The number of aromatic nitrogens is 1. The second-order valence-electron chi connectivity index (χ2n) is 7.90. The fraction of sp³-hybridized carbons (Fsp3) is 0. The van der Waals surface area contributed by atoms with E-state index in [2.05, 4.69) is 36.4 Å². The van der Waals surface area contributed by atoms with Crippen molar-refractivity contribution in [2.24, 2.45) is 0 Å². The maximum atomic E-state index is 13.7. The van der Waals surface area contributed by atoms with Gasteiger partial charge in [0.05, 0.1) is 15.9 Å². The third-order valence-corrected chi connectivity index (χ3v) is 7.72. The highest BCUT2D eigenvalue weighted by Crippen LogP contribution is 2.36. The van der Waals surface area contributed by atoms with E-state index in [0.717, 1.165) is 32.7 Å². The van der Waals surface area contributed by atoms with Crippen molar-refractivity contribution in [2.45, 2.75) is 4.90 Å². The highest BCUT2D eigenvalue weighted by Gasteiger charge is 2.23. The van der Waals surface area contributed by atoms with E-state index in [4.69, 9.17) is 0 Å². The Kier molecular flexibility index (Phi) is 4.17. The largest absolute Gasteiger partial charge is 0.268 e. The molecule has 0 fully saturated rings. The zero-order chi connectivity index (χ0) is 21.7. The van der Waals surface area contributed by atoms with Crippen molar-refractivity contribution in [2.75, 3.05) is 0 Å². The molecule has 0 amide bonds. The van der Waals surface area contributed by atoms with Gasteiger partial charge in [0.2, 0.25) is 0 Å². The van der Waals surface area contributed by atoms with Crippen molar-refractivity contribution >= 4 is 42.6 Å². The SMILES string of the molecule is O=S(=O)(c1ccccc1)n1c2ccccc2c2cc3cc(-c4ccccc4)ccc3cc21. The van der Waals surface area contributed by atoms with Crippen LogP contribution in [-0.2, 0) is 10.0 Å². The minimum absolute atomic E-state index is 0.280. The molecule has 154 valence electrons. The molecule has 0 bridgehead atoms. The van der Waals surface area contributed by atoms with E-state index in [1.807, 2.05) is 54.6 Å². The highest BCUT2D eigenvalue weighted by molar-refractivity contribution is 7.90. The van der Waals surface area contributed by atoms with Gasteiger partial charge in [0.15, 0.2) is 0 Å². The first-order chi connectivity index (χ1) is 15.6. The molecule has 0 saturated heterocycles. The maximum Gasteiger partial charge on any atom is 0.268 e. The fourth-order valence-corrected chi connectivity index (χ4v) is 5.98. The number of fused-ring (bicyclic) bond motifs is 4. The van der Waals surface area contributed by atoms with Gasteiger partial charge in [0, 0.05) is 10.8 Å². The van der Waals surface area contributed by atoms with Crippen LogP contribution in [0.4, 0.5) is 0 Å². The van der Waals surface area contributed by atoms with Crippen LogP contribution in [0.25, 0.3) is 43.7 Å². The van der Waals surface area contributed by atoms with Crippen LogP contribution in [0.5, 0.6) is 0 Å². The summed E-state index contributed by atoms with van der Waals surface area (Å²) < 4.78 is 28.8. The van der Waals surface area contributed by atoms with Gasteiger partial charge in [-0.15, -0.1) is 0 Å². The summed E-state index contributed by atoms with van der Waals surface area (Å²) in [5, 5.41) is 3.94. The molecule has 6 aromatic rings. The molecule has 0 aliphatic heterocycles. The van der Waals surface area contributed by atoms with Gasteiger partial charge in [-0.1, -0.05) is 78.9 Å². The average molecular weight is 434 g/mol. The van der Waals surface area contributed by atoms with Gasteiger partial charge in [-0.2, -0.15) is 0 Å². The minimum Gasteiger partial charge on any atom is -0.233 e. The number of hydrogen-bond acceptors (Lipinski definition) is 2. The Labute approximate surface area is 186 Å². The molecular formula is C28H19NO2S. The summed E-state index contributed by atoms with van der Waals surface area (Å²) in [6.45, 7) is 0. The van der Waals surface area contributed by atoms with Gasteiger partial charge in [0.25, 0.3) is 10.0 Å². The van der Waals surface area contributed by atoms with Crippen molar-refractivity contribution in [3.63, 3.8) is 0 Å². The molecule has 0 unspecified atom stereocenters. The summed E-state index contributed by atoms with van der Waals surface area (Å²) in [4.78, 5) is 0.280. The Morgan fingerprint density at radius 3 is 1.97 bits per heavy atom. The highest BCUT2D eigenvalue weighted by atomic mass is 32.2. The van der Waals surface area contributed by atoms with Crippen LogP contribution in [0.3, 0.4) is 0 Å². The fourth-order valence-electron chi connectivity index (χ4n) is 4.44. The lowest BCUT2D eigenvalue weighted by molar-refractivity contribution is 0.590. The van der Waals surface area contributed by atoms with E-state index >= 15 is 0 Å². The molecule has 0 aliphatic carbocycles. The topological polar surface area (TPSA) is 39.1 Å². The Morgan fingerprint density at radius 1 is 0.500 bits per heavy atom. The van der Waals surface area contributed by atoms with Crippen molar-refractivity contribution < 1.29 is 8.42 Å². The molecule has 1 heterocycles. The van der Waals surface area contributed by atoms with Gasteiger partial charge in [-0.25, -0.2) is 12.4 Å². The summed E-state index contributed by atoms with van der Waals surface area (Å²) in [7, 11) is -3.75. The van der Waals surface area contributed by atoms with Crippen LogP contribution >= 0.6 is 0 Å². The lowest BCUT2D eigenvalue weighted by atomic mass is 10.00. The monoisotopic (exact) mass is 433 g/mol. The lowest BCUT2D eigenvalue weighted by Gasteiger charge is -2.10. The predicted octanol–water partition coefficient (Wildman–Crippen LogP) is 6.85. The zero-order valence-electron chi connectivity index (χ0n) is 17.1. The van der Waals surface area contributed by atoms with Gasteiger partial charge in [0.1, 0.15) is 0 Å². The first-order valence-corrected chi connectivity index (χ1v) is 11.9. The smallest absolute Gasteiger partial charge is 0.233 e. The number of rotatable bonds is 3. The number of benzene rings is 5. The molecule has 5 aromatic carbocycles. The summed E-state index contributed by atoms with van der Waals surface area (Å²) in [6.07, 6.45) is 0. The molecule has 3 nitrogen and oxygen atoms in total. The first-order valence-electron chi connectivity index (χ1n) is 10.5. The molecule has 1 aromatic heterocycles. The summed E-state index contributed by atoms with van der Waals surface area (Å²) in [5.74, 6) is 0. The molecular weight excluding hydrogens is 414 g/mol. The van der Waals surface area contributed by atoms with E-state index in [0.29, 0.717) is 11.0 Å². The molecule has 6 rings (SSSR count). The molecule has 32 heavy (non-hydrogen) atoms. The van der Waals surface area contributed by atoms with Gasteiger partial charge in [-0.3, -0.25) is 0 Å². The third-order valence-electron chi connectivity index (χ3n) is 5.98. The van der Waals surface area contributed by atoms with E-state index < -0.39 is 10.0 Å². The van der Waals surface area contributed by atoms with Crippen LogP contribution in [0.2, 0.25) is 0 Å². The molecule has 0 N–H and O–H groups in total. The van der Waals surface area contributed by atoms with Crippen molar-refractivity contribution in [1.82, 2.24) is 3.97 Å². The Bertz CT molecular complexity index is 1720. The zero-order valence-corrected chi connectivity index (χ0v) is 18.0. The molecule has 0 atom stereocenters. The molecule has 0 saturated carbocycles. The molecule has 4 heteroatoms. The Morgan fingerprint density at radius 2 is 1.19 bits per heavy atom. The van der Waals surface area contributed by atoms with Crippen LogP contribution in [0.15, 0.2) is 120 Å². The second-order valence-corrected chi connectivity index (χ2v) is 9.68. The Hall–Kier alpha value is -3.89. The van der Waals surface area contributed by atoms with E-state index in [-0.39, 0.29) is 4.90 Å². The third kappa shape index (κ3) is 2.84. The molecule has 0 aliphatic rings. The van der Waals surface area contributed by atoms with Gasteiger partial charge < -0.3 is 0 Å². The second kappa shape index (κ2) is 7.08. The molecule has 0 spiro atoms. The minimum atomic E-state index is -3.75. The normalized spacial score (nSPS) is 12.0. The van der Waals surface area contributed by atoms with Crippen molar-refractivity contribution in [3.8, 4) is 11.1 Å². The van der Waals surface area contributed by atoms with Gasteiger partial charge >= 0.3 is 0 Å². The predicted molar refractivity (Wildman–Crippen MR) is 131 cm³/mol. The lowest BCUT2D eigenvalue weighted by Crippen LogP contribution is -2.12. The van der Waals surface area contributed by atoms with E-state index in [9.17, 15) is 8.42 Å². The summed E-state index contributed by atoms with van der Waals surface area (Å²) in [6, 6.07) is 37.0. The average Bonchev–Trinajstić information content (AvgIpc) is 3.17. The van der Waals surface area contributed by atoms with Crippen LogP contribution in [0, 0.1) is 0 Å². The summed E-state index contributed by atoms with van der Waals surface area (Å²) >= 11 is 0. The number of hydrogen-bond donors (Lipinski definition) is 0. The Balaban J connectivity index is 1.68. The standard InChI is InChI=1S/C28H19NO2S/c30-32(31,24-11-5-2-6-12-24)29-27-14-8-7-13-25(27)26-18-23-17-21(20-9-3-1-4-10-20)15-16-22(23)19-28(26)29/h1-19H. The van der Waals surface area contributed by atoms with Gasteiger partial charge in [-0.05, 0) is 58.3 Å². The van der Waals surface area contributed by atoms with Crippen LogP contribution in [-0.4, -0.2) is 12.4 Å². The quantitative estimate of drug-likeness (QED) is 0.306. The molecule has 0 radical (unpaired) electrons. The number of nitrogens with zero attached hydrogens (tertiary/aromatic N) is 1. The van der Waals surface area contributed by atoms with E-state index in [1.165, 1.54) is 3.97 Å². The van der Waals surface area contributed by atoms with Crippen LogP contribution < -0.4 is 0 Å². The maximum absolute atomic E-state index is 13.7. The summed E-state index contributed by atoms with van der Waals surface area (Å²) in [5.41, 5.74) is 3.67. The van der Waals surface area contributed by atoms with Crippen molar-refractivity contribution in [1.29, 1.82) is 0 Å². The first kappa shape index (κ1) is 18.8. The van der Waals surface area contributed by atoms with Crippen LogP contribution in [0.1, 0.15) is 0 Å². The van der Waals surface area contributed by atoms with E-state index in [1.54, 1.807) is 24.3 Å². The number of para-hydroxylation sites is 1. The van der Waals surface area contributed by atoms with Crippen molar-refractivity contribution in [3.05, 3.63) is 115 Å².